The molecule has 2 atom stereocenters. The molecule has 42 heavy (non-hydrogen) atoms. The van der Waals surface area contributed by atoms with Crippen molar-refractivity contribution in [1.29, 1.82) is 0 Å². The molecule has 0 aliphatic carbocycles. The molecule has 0 bridgehead atoms. The third kappa shape index (κ3) is 7.45. The van der Waals surface area contributed by atoms with Crippen molar-refractivity contribution < 1.29 is 22.7 Å². The topological polar surface area (TPSA) is 96.0 Å². The summed E-state index contributed by atoms with van der Waals surface area (Å²) < 4.78 is 33.0. The molecular formula is C33H39N3O5S. The maximum absolute atomic E-state index is 13.9. The Hall–Kier alpha value is -3.53. The van der Waals surface area contributed by atoms with Gasteiger partial charge in [0.1, 0.15) is 6.04 Å². The number of hydrogen-bond acceptors (Lipinski definition) is 5. The first-order valence-electron chi connectivity index (χ1n) is 14.8. The predicted octanol–water partition coefficient (Wildman–Crippen LogP) is 4.47. The molecule has 0 spiro atoms. The van der Waals surface area contributed by atoms with Gasteiger partial charge in [-0.1, -0.05) is 72.8 Å². The Bertz CT molecular complexity index is 1420. The quantitative estimate of drug-likeness (QED) is 0.336. The Labute approximate surface area is 248 Å². The van der Waals surface area contributed by atoms with Crippen molar-refractivity contribution >= 4 is 21.8 Å². The van der Waals surface area contributed by atoms with E-state index < -0.39 is 16.1 Å². The number of aryl methyl sites for hydroxylation is 1. The van der Waals surface area contributed by atoms with Gasteiger partial charge in [-0.05, 0) is 60.9 Å². The number of hydrogen-bond donors (Lipinski definition) is 1. The Morgan fingerprint density at radius 1 is 0.881 bits per heavy atom. The Kier molecular flexibility index (Phi) is 10.0. The van der Waals surface area contributed by atoms with Gasteiger partial charge < -0.3 is 15.0 Å². The molecule has 2 amide bonds. The molecule has 3 aromatic rings. The second kappa shape index (κ2) is 14.1. The summed E-state index contributed by atoms with van der Waals surface area (Å²) in [6.45, 7) is 2.49. The van der Waals surface area contributed by atoms with Crippen LogP contribution in [0.5, 0.6) is 0 Å². The molecule has 1 N–H and O–H groups in total. The van der Waals surface area contributed by atoms with Crippen molar-refractivity contribution in [2.75, 3.05) is 26.2 Å². The van der Waals surface area contributed by atoms with Gasteiger partial charge in [0.25, 0.3) is 0 Å². The number of amides is 2. The smallest absolute Gasteiger partial charge is 0.247 e. The number of benzene rings is 3. The Balaban J connectivity index is 1.34. The third-order valence-corrected chi connectivity index (χ3v) is 9.89. The standard InChI is InChI=1S/C33H39N3O5S/c37-31(20-17-26-15-18-30(19-16-26)42(39,40)35-21-7-8-22-35)36(25-27-10-3-1-4-11-27)32(28-12-5-2-6-13-28)33(38)34-24-29-14-9-23-41-29/h1-6,10-13,15-16,18-19,29,32H,7-9,14,17,20-25H2,(H,34,38)/t29-,32+/m1/s1. The molecule has 2 aliphatic rings. The number of carbonyl (C=O) groups excluding carboxylic acids is 2. The summed E-state index contributed by atoms with van der Waals surface area (Å²) in [4.78, 5) is 29.6. The summed E-state index contributed by atoms with van der Waals surface area (Å²) in [5.41, 5.74) is 2.53. The number of rotatable bonds is 12. The molecular weight excluding hydrogens is 550 g/mol. The monoisotopic (exact) mass is 589 g/mol. The lowest BCUT2D eigenvalue weighted by Gasteiger charge is -2.32. The first-order chi connectivity index (χ1) is 20.4. The molecule has 8 nitrogen and oxygen atoms in total. The minimum atomic E-state index is -3.49. The van der Waals surface area contributed by atoms with Crippen molar-refractivity contribution in [2.24, 2.45) is 0 Å². The van der Waals surface area contributed by atoms with Gasteiger partial charge in [-0.15, -0.1) is 0 Å². The van der Waals surface area contributed by atoms with Crippen molar-refractivity contribution in [3.63, 3.8) is 0 Å². The van der Waals surface area contributed by atoms with Gasteiger partial charge in [-0.3, -0.25) is 9.59 Å². The highest BCUT2D eigenvalue weighted by Gasteiger charge is 2.32. The number of nitrogens with zero attached hydrogens (tertiary/aromatic N) is 2. The van der Waals surface area contributed by atoms with E-state index >= 15 is 0 Å². The number of ether oxygens (including phenoxy) is 1. The van der Waals surface area contributed by atoms with E-state index in [1.54, 1.807) is 29.2 Å². The Morgan fingerprint density at radius 2 is 1.55 bits per heavy atom. The first-order valence-corrected chi connectivity index (χ1v) is 16.2. The molecule has 222 valence electrons. The number of carbonyl (C=O) groups is 2. The zero-order valence-electron chi connectivity index (χ0n) is 23.9. The number of sulfonamides is 1. The highest BCUT2D eigenvalue weighted by atomic mass is 32.2. The minimum absolute atomic E-state index is 0.0131. The molecule has 2 fully saturated rings. The van der Waals surface area contributed by atoms with E-state index in [1.807, 2.05) is 60.7 Å². The van der Waals surface area contributed by atoms with Gasteiger partial charge in [-0.2, -0.15) is 4.31 Å². The van der Waals surface area contributed by atoms with Gasteiger partial charge in [0.15, 0.2) is 0 Å². The van der Waals surface area contributed by atoms with Gasteiger partial charge in [0.05, 0.1) is 11.0 Å². The van der Waals surface area contributed by atoms with E-state index in [0.717, 1.165) is 42.4 Å². The Morgan fingerprint density at radius 3 is 2.19 bits per heavy atom. The summed E-state index contributed by atoms with van der Waals surface area (Å²) in [5.74, 6) is -0.397. The summed E-state index contributed by atoms with van der Waals surface area (Å²) in [6.07, 6.45) is 4.24. The van der Waals surface area contributed by atoms with Gasteiger partial charge in [0, 0.05) is 39.2 Å². The van der Waals surface area contributed by atoms with Crippen LogP contribution in [-0.4, -0.2) is 61.8 Å². The highest BCUT2D eigenvalue weighted by molar-refractivity contribution is 7.89. The van der Waals surface area contributed by atoms with Crippen molar-refractivity contribution in [3.05, 3.63) is 102 Å². The van der Waals surface area contributed by atoms with Crippen LogP contribution in [0.2, 0.25) is 0 Å². The average Bonchev–Trinajstić information content (AvgIpc) is 3.75. The summed E-state index contributed by atoms with van der Waals surface area (Å²) in [5, 5.41) is 3.04. The fourth-order valence-electron chi connectivity index (χ4n) is 5.63. The maximum Gasteiger partial charge on any atom is 0.247 e. The van der Waals surface area contributed by atoms with E-state index in [2.05, 4.69) is 5.32 Å². The molecule has 2 aliphatic heterocycles. The zero-order chi connectivity index (χ0) is 29.4. The molecule has 0 radical (unpaired) electrons. The van der Waals surface area contributed by atoms with Crippen molar-refractivity contribution in [2.45, 2.75) is 62.1 Å². The van der Waals surface area contributed by atoms with E-state index in [1.165, 1.54) is 4.31 Å². The molecule has 5 rings (SSSR count). The zero-order valence-corrected chi connectivity index (χ0v) is 24.7. The van der Waals surface area contributed by atoms with Crippen LogP contribution >= 0.6 is 0 Å². The molecule has 0 aromatic heterocycles. The van der Waals surface area contributed by atoms with Gasteiger partial charge in [-0.25, -0.2) is 8.42 Å². The maximum atomic E-state index is 13.9. The van der Waals surface area contributed by atoms with E-state index in [-0.39, 0.29) is 35.8 Å². The fourth-order valence-corrected chi connectivity index (χ4v) is 7.15. The van der Waals surface area contributed by atoms with E-state index in [9.17, 15) is 18.0 Å². The molecule has 0 unspecified atom stereocenters. The molecule has 3 aromatic carbocycles. The van der Waals surface area contributed by atoms with Crippen LogP contribution < -0.4 is 5.32 Å². The molecule has 2 saturated heterocycles. The normalized spacial score (nSPS) is 18.0. The second-order valence-electron chi connectivity index (χ2n) is 11.0. The van der Waals surface area contributed by atoms with Crippen molar-refractivity contribution in [1.82, 2.24) is 14.5 Å². The van der Waals surface area contributed by atoms with E-state index in [4.69, 9.17) is 4.74 Å². The number of nitrogens with one attached hydrogen (secondary N) is 1. The largest absolute Gasteiger partial charge is 0.376 e. The summed E-state index contributed by atoms with van der Waals surface area (Å²) in [7, 11) is -3.49. The van der Waals surface area contributed by atoms with Crippen molar-refractivity contribution in [3.8, 4) is 0 Å². The van der Waals surface area contributed by atoms with Gasteiger partial charge >= 0.3 is 0 Å². The molecule has 9 heteroatoms. The SMILES string of the molecule is O=C(NC[C@H]1CCCO1)[C@H](c1ccccc1)N(Cc1ccccc1)C(=O)CCc1ccc(S(=O)(=O)N2CCCC2)cc1. The fraction of sp³-hybridized carbons (Fsp3) is 0.394. The van der Waals surface area contributed by atoms with Crippen LogP contribution in [0.25, 0.3) is 0 Å². The average molecular weight is 590 g/mol. The molecule has 2 heterocycles. The van der Waals surface area contributed by atoms with Crippen LogP contribution in [0, 0.1) is 0 Å². The highest BCUT2D eigenvalue weighted by Crippen LogP contribution is 2.26. The lowest BCUT2D eigenvalue weighted by molar-refractivity contribution is -0.141. The summed E-state index contributed by atoms with van der Waals surface area (Å²) in [6, 6.07) is 25.1. The second-order valence-corrected chi connectivity index (χ2v) is 12.9. The van der Waals surface area contributed by atoms with Crippen LogP contribution in [0.15, 0.2) is 89.8 Å². The van der Waals surface area contributed by atoms with Gasteiger partial charge in [0.2, 0.25) is 21.8 Å². The molecule has 0 saturated carbocycles. The minimum Gasteiger partial charge on any atom is -0.376 e. The lowest BCUT2D eigenvalue weighted by Crippen LogP contribution is -2.45. The van der Waals surface area contributed by atoms with E-state index in [0.29, 0.717) is 32.7 Å². The van der Waals surface area contributed by atoms with Crippen LogP contribution in [0.3, 0.4) is 0 Å². The third-order valence-electron chi connectivity index (χ3n) is 7.97. The predicted molar refractivity (Wildman–Crippen MR) is 161 cm³/mol. The first kappa shape index (κ1) is 29.9. The van der Waals surface area contributed by atoms with Crippen LogP contribution in [0.4, 0.5) is 0 Å². The lowest BCUT2D eigenvalue weighted by atomic mass is 10.0. The van der Waals surface area contributed by atoms with Crippen LogP contribution in [0.1, 0.15) is 54.8 Å². The van der Waals surface area contributed by atoms with Crippen LogP contribution in [-0.2, 0) is 37.3 Å². The summed E-state index contributed by atoms with van der Waals surface area (Å²) >= 11 is 0.